The zero-order chi connectivity index (χ0) is 25.2. The van der Waals surface area contributed by atoms with Crippen LogP contribution in [-0.4, -0.2) is 17.7 Å². The molecule has 0 aromatic heterocycles. The SMILES string of the molecule is O=C1C(c2ccccc2)=C(c2ccccc2)C(c2cc(C(=O)[O-])cc(C(=O)[O-])c2)=C1c1ccccc1.[K+].[K+]. The first-order valence-electron chi connectivity index (χ1n) is 11.2. The van der Waals surface area contributed by atoms with Crippen molar-refractivity contribution in [1.82, 2.24) is 0 Å². The van der Waals surface area contributed by atoms with Crippen LogP contribution in [0.25, 0.3) is 22.3 Å². The maximum atomic E-state index is 14.1. The van der Waals surface area contributed by atoms with E-state index < -0.39 is 11.9 Å². The van der Waals surface area contributed by atoms with Crippen molar-refractivity contribution in [3.05, 3.63) is 143 Å². The van der Waals surface area contributed by atoms with Crippen LogP contribution >= 0.6 is 0 Å². The summed E-state index contributed by atoms with van der Waals surface area (Å²) >= 11 is 0. The average Bonchev–Trinajstić information content (AvgIpc) is 3.22. The number of hydrogen-bond acceptors (Lipinski definition) is 5. The second kappa shape index (κ2) is 13.5. The second-order valence-corrected chi connectivity index (χ2v) is 8.30. The van der Waals surface area contributed by atoms with Crippen molar-refractivity contribution in [2.45, 2.75) is 0 Å². The minimum Gasteiger partial charge on any atom is -0.545 e. The van der Waals surface area contributed by atoms with E-state index in [9.17, 15) is 24.6 Å². The number of Topliss-reactive ketones (excluding diaryl/α,β-unsaturated/α-hetero) is 1. The van der Waals surface area contributed by atoms with E-state index in [1.54, 1.807) is 24.3 Å². The third-order valence-corrected chi connectivity index (χ3v) is 6.08. The molecular formula is C31H18K2O5. The van der Waals surface area contributed by atoms with E-state index in [0.29, 0.717) is 33.4 Å². The number of ketones is 1. The molecule has 0 bridgehead atoms. The first-order chi connectivity index (χ1) is 17.5. The van der Waals surface area contributed by atoms with Crippen LogP contribution in [0.5, 0.6) is 0 Å². The molecule has 7 heteroatoms. The Labute approximate surface area is 305 Å². The molecule has 38 heavy (non-hydrogen) atoms. The molecule has 0 heterocycles. The first-order valence-corrected chi connectivity index (χ1v) is 11.2. The van der Waals surface area contributed by atoms with E-state index in [-0.39, 0.29) is 125 Å². The minimum absolute atomic E-state index is 0. The van der Waals surface area contributed by atoms with Crippen molar-refractivity contribution in [2.75, 3.05) is 0 Å². The molecule has 0 saturated carbocycles. The van der Waals surface area contributed by atoms with Gasteiger partial charge in [0.2, 0.25) is 0 Å². The van der Waals surface area contributed by atoms with Gasteiger partial charge >= 0.3 is 103 Å². The molecule has 0 amide bonds. The molecule has 0 N–H and O–H groups in total. The van der Waals surface area contributed by atoms with Gasteiger partial charge in [-0.1, -0.05) is 91.0 Å². The van der Waals surface area contributed by atoms with E-state index in [1.165, 1.54) is 12.1 Å². The molecule has 1 aliphatic rings. The molecule has 4 aromatic rings. The van der Waals surface area contributed by atoms with Gasteiger partial charge in [-0.05, 0) is 51.6 Å². The zero-order valence-corrected chi connectivity index (χ0v) is 27.2. The van der Waals surface area contributed by atoms with E-state index in [2.05, 4.69) is 0 Å². The summed E-state index contributed by atoms with van der Waals surface area (Å²) < 4.78 is 0. The van der Waals surface area contributed by atoms with Crippen LogP contribution in [0.2, 0.25) is 0 Å². The summed E-state index contributed by atoms with van der Waals surface area (Å²) in [6, 6.07) is 31.2. The molecule has 0 aliphatic heterocycles. The summed E-state index contributed by atoms with van der Waals surface area (Å²) in [5.41, 5.74) is 3.53. The maximum Gasteiger partial charge on any atom is 1.00 e. The summed E-state index contributed by atoms with van der Waals surface area (Å²) in [5.74, 6) is -3.30. The first kappa shape index (κ1) is 30.8. The van der Waals surface area contributed by atoms with Crippen molar-refractivity contribution < 1.29 is 127 Å². The maximum absolute atomic E-state index is 14.1. The molecule has 5 nitrogen and oxygen atoms in total. The van der Waals surface area contributed by atoms with Gasteiger partial charge in [0.05, 0.1) is 11.9 Å². The molecule has 0 unspecified atom stereocenters. The van der Waals surface area contributed by atoms with E-state index >= 15 is 0 Å². The fourth-order valence-corrected chi connectivity index (χ4v) is 4.55. The van der Waals surface area contributed by atoms with E-state index in [0.717, 1.165) is 11.6 Å². The van der Waals surface area contributed by atoms with Gasteiger partial charge in [0, 0.05) is 22.3 Å². The average molecular weight is 549 g/mol. The zero-order valence-electron chi connectivity index (χ0n) is 20.9. The second-order valence-electron chi connectivity index (χ2n) is 8.30. The number of rotatable bonds is 6. The number of carbonyl (C=O) groups excluding carboxylic acids is 3. The molecule has 1 aliphatic carbocycles. The van der Waals surface area contributed by atoms with Crippen LogP contribution in [0.4, 0.5) is 0 Å². The molecule has 0 radical (unpaired) electrons. The van der Waals surface area contributed by atoms with Crippen molar-refractivity contribution >= 4 is 40.0 Å². The monoisotopic (exact) mass is 548 g/mol. The summed E-state index contributed by atoms with van der Waals surface area (Å²) in [7, 11) is 0. The molecule has 5 rings (SSSR count). The summed E-state index contributed by atoms with van der Waals surface area (Å²) in [5, 5.41) is 23.6. The topological polar surface area (TPSA) is 97.3 Å². The van der Waals surface area contributed by atoms with Crippen molar-refractivity contribution in [3.63, 3.8) is 0 Å². The van der Waals surface area contributed by atoms with Crippen LogP contribution in [0.3, 0.4) is 0 Å². The van der Waals surface area contributed by atoms with Gasteiger partial charge < -0.3 is 19.8 Å². The Morgan fingerprint density at radius 1 is 0.447 bits per heavy atom. The normalized spacial score (nSPS) is 12.6. The van der Waals surface area contributed by atoms with Gasteiger partial charge in [-0.15, -0.1) is 0 Å². The molecule has 174 valence electrons. The van der Waals surface area contributed by atoms with Crippen molar-refractivity contribution in [3.8, 4) is 0 Å². The number of carboxylic acid groups (broad SMARTS) is 2. The number of benzene rings is 4. The molecule has 0 spiro atoms. The molecule has 0 atom stereocenters. The Balaban J connectivity index is 0.00000200. The minimum atomic E-state index is -1.53. The van der Waals surface area contributed by atoms with Gasteiger partial charge in [-0.25, -0.2) is 0 Å². The summed E-state index contributed by atoms with van der Waals surface area (Å²) in [6.45, 7) is 0. The Kier molecular flexibility index (Phi) is 11.0. The number of carboxylic acids is 2. The predicted octanol–water partition coefficient (Wildman–Crippen LogP) is -2.47. The number of aromatic carboxylic acids is 2. The third kappa shape index (κ3) is 6.18. The van der Waals surface area contributed by atoms with Gasteiger partial charge in [0.15, 0.2) is 5.78 Å². The van der Waals surface area contributed by atoms with Gasteiger partial charge in [-0.3, -0.25) is 4.79 Å². The van der Waals surface area contributed by atoms with Crippen LogP contribution in [0.15, 0.2) is 109 Å². The van der Waals surface area contributed by atoms with Crippen LogP contribution in [0, 0.1) is 0 Å². The Morgan fingerprint density at radius 2 is 0.763 bits per heavy atom. The number of allylic oxidation sites excluding steroid dienone is 4. The summed E-state index contributed by atoms with van der Waals surface area (Å²) in [4.78, 5) is 37.7. The van der Waals surface area contributed by atoms with E-state index in [4.69, 9.17) is 0 Å². The number of hydrogen-bond donors (Lipinski definition) is 0. The summed E-state index contributed by atoms with van der Waals surface area (Å²) in [6.07, 6.45) is 0. The third-order valence-electron chi connectivity index (χ3n) is 6.08. The largest absolute Gasteiger partial charge is 1.00 e. The standard InChI is InChI=1S/C31H20O5.2K/c32-29-27(20-12-6-2-7-13-20)25(19-10-4-1-5-11-19)26(28(29)21-14-8-3-9-15-21)22-16-23(30(33)34)18-24(17-22)31(35)36;;/h1-18H,(H,33,34)(H,35,36);;/q;2*+1/p-2. The van der Waals surface area contributed by atoms with E-state index in [1.807, 2.05) is 66.7 Å². The Hall–Kier alpha value is -1.76. The smallest absolute Gasteiger partial charge is 0.545 e. The van der Waals surface area contributed by atoms with Crippen LogP contribution < -0.4 is 113 Å². The van der Waals surface area contributed by atoms with Gasteiger partial charge in [0.25, 0.3) is 0 Å². The Bertz CT molecular complexity index is 1540. The number of carbonyl (C=O) groups is 3. The quantitative estimate of drug-likeness (QED) is 0.249. The van der Waals surface area contributed by atoms with Gasteiger partial charge in [0.1, 0.15) is 0 Å². The molecule has 4 aromatic carbocycles. The van der Waals surface area contributed by atoms with Crippen molar-refractivity contribution in [1.29, 1.82) is 0 Å². The van der Waals surface area contributed by atoms with Crippen LogP contribution in [-0.2, 0) is 4.79 Å². The molecule has 0 fully saturated rings. The predicted molar refractivity (Wildman–Crippen MR) is 133 cm³/mol. The fraction of sp³-hybridized carbons (Fsp3) is 0. The molecular weight excluding hydrogens is 531 g/mol. The molecule has 0 saturated heterocycles. The van der Waals surface area contributed by atoms with Crippen molar-refractivity contribution in [2.24, 2.45) is 0 Å². The van der Waals surface area contributed by atoms with Crippen LogP contribution in [0.1, 0.15) is 43.0 Å². The van der Waals surface area contributed by atoms with Gasteiger partial charge in [-0.2, -0.15) is 0 Å². The Morgan fingerprint density at radius 3 is 1.11 bits per heavy atom. The fourth-order valence-electron chi connectivity index (χ4n) is 4.55.